The van der Waals surface area contributed by atoms with Crippen LogP contribution in [0.25, 0.3) is 0 Å². The van der Waals surface area contributed by atoms with Crippen molar-refractivity contribution in [3.63, 3.8) is 0 Å². The Balaban J connectivity index is 2.00. The molecule has 0 heterocycles. The predicted molar refractivity (Wildman–Crippen MR) is 43.8 cm³/mol. The predicted octanol–water partition coefficient (Wildman–Crippen LogP) is 3.22. The van der Waals surface area contributed by atoms with Crippen molar-refractivity contribution in [3.05, 3.63) is 0 Å². The Morgan fingerprint density at radius 3 is 2.70 bits per heavy atom. The Hall–Kier alpha value is 0. The fourth-order valence-corrected chi connectivity index (χ4v) is 3.30. The van der Waals surface area contributed by atoms with Crippen molar-refractivity contribution < 1.29 is 0 Å². The molecule has 3 saturated carbocycles. The molecule has 0 aliphatic heterocycles. The molecule has 0 radical (unpaired) electrons. The van der Waals surface area contributed by atoms with E-state index in [-0.39, 0.29) is 0 Å². The third-order valence-electron chi connectivity index (χ3n) is 3.88. The Bertz CT molecular complexity index is 135. The van der Waals surface area contributed by atoms with E-state index in [9.17, 15) is 0 Å². The van der Waals surface area contributed by atoms with Gasteiger partial charge in [0.05, 0.1) is 0 Å². The fourth-order valence-electron chi connectivity index (χ4n) is 3.30. The maximum atomic E-state index is 2.50. The van der Waals surface area contributed by atoms with E-state index in [1.165, 1.54) is 19.3 Å². The van der Waals surface area contributed by atoms with Crippen LogP contribution >= 0.6 is 0 Å². The smallest absolute Gasteiger partial charge is 0.0292 e. The maximum Gasteiger partial charge on any atom is -0.0292 e. The van der Waals surface area contributed by atoms with Crippen LogP contribution < -0.4 is 0 Å². The summed E-state index contributed by atoms with van der Waals surface area (Å²) in [6.45, 7) is 4.82. The molecule has 2 bridgehead atoms. The summed E-state index contributed by atoms with van der Waals surface area (Å²) in [6, 6.07) is 0. The van der Waals surface area contributed by atoms with Crippen molar-refractivity contribution in [3.8, 4) is 0 Å². The molecule has 3 aliphatic carbocycles. The molecule has 3 rings (SSSR count). The van der Waals surface area contributed by atoms with Crippen LogP contribution in [0.1, 0.15) is 46.0 Å². The van der Waals surface area contributed by atoms with Crippen LogP contribution in [0.3, 0.4) is 0 Å². The lowest BCUT2D eigenvalue weighted by molar-refractivity contribution is 0.0424. The first-order valence-corrected chi connectivity index (χ1v) is 4.76. The molecule has 58 valence electrons. The molecule has 0 amide bonds. The molecule has 10 heavy (non-hydrogen) atoms. The van der Waals surface area contributed by atoms with E-state index in [4.69, 9.17) is 0 Å². The topological polar surface area (TPSA) is 0 Å². The normalized spacial score (nSPS) is 51.0. The van der Waals surface area contributed by atoms with Gasteiger partial charge in [-0.25, -0.2) is 0 Å². The first kappa shape index (κ1) is 6.69. The largest absolute Gasteiger partial charge is 0.0654 e. The molecule has 0 aromatic rings. The van der Waals surface area contributed by atoms with Crippen molar-refractivity contribution in [1.29, 1.82) is 0 Å². The Morgan fingerprint density at radius 2 is 2.30 bits per heavy atom. The van der Waals surface area contributed by atoms with Crippen molar-refractivity contribution in [2.24, 2.45) is 17.3 Å². The number of hydrogen-bond donors (Lipinski definition) is 0. The van der Waals surface area contributed by atoms with Crippen molar-refractivity contribution >= 4 is 0 Å². The highest BCUT2D eigenvalue weighted by molar-refractivity contribution is 5.04. The Morgan fingerprint density at radius 1 is 1.50 bits per heavy atom. The highest BCUT2D eigenvalue weighted by atomic mass is 14.6. The van der Waals surface area contributed by atoms with E-state index in [0.29, 0.717) is 0 Å². The average molecular weight is 138 g/mol. The highest BCUT2D eigenvalue weighted by Gasteiger charge is 2.54. The van der Waals surface area contributed by atoms with Gasteiger partial charge >= 0.3 is 0 Å². The SMILES string of the molecule is CCCC1C2CCC1(C)C2. The van der Waals surface area contributed by atoms with Crippen molar-refractivity contribution in [2.45, 2.75) is 46.0 Å². The molecule has 3 fully saturated rings. The molecule has 3 unspecified atom stereocenters. The van der Waals surface area contributed by atoms with E-state index in [1.807, 2.05) is 0 Å². The first-order chi connectivity index (χ1) is 4.76. The van der Waals surface area contributed by atoms with E-state index >= 15 is 0 Å². The van der Waals surface area contributed by atoms with Crippen molar-refractivity contribution in [2.75, 3.05) is 0 Å². The van der Waals surface area contributed by atoms with Crippen LogP contribution in [0, 0.1) is 17.3 Å². The summed E-state index contributed by atoms with van der Waals surface area (Å²) in [7, 11) is 0. The van der Waals surface area contributed by atoms with Gasteiger partial charge < -0.3 is 0 Å². The second-order valence-corrected chi connectivity index (χ2v) is 4.55. The van der Waals surface area contributed by atoms with Gasteiger partial charge in [0.2, 0.25) is 0 Å². The minimum atomic E-state index is 0.806. The van der Waals surface area contributed by atoms with Gasteiger partial charge in [-0.3, -0.25) is 0 Å². The van der Waals surface area contributed by atoms with E-state index < -0.39 is 0 Å². The average Bonchev–Trinajstić information content (AvgIpc) is 2.39. The number of rotatable bonds is 2. The molecular formula is C10H18. The Kier molecular flexibility index (Phi) is 1.33. The summed E-state index contributed by atoms with van der Waals surface area (Å²) < 4.78 is 0. The molecule has 0 aromatic heterocycles. The van der Waals surface area contributed by atoms with Gasteiger partial charge in [-0.2, -0.15) is 0 Å². The molecule has 0 nitrogen and oxygen atoms in total. The molecule has 0 spiro atoms. The quantitative estimate of drug-likeness (QED) is 0.549. The molecule has 0 aromatic carbocycles. The van der Waals surface area contributed by atoms with E-state index in [0.717, 1.165) is 17.3 Å². The van der Waals surface area contributed by atoms with E-state index in [2.05, 4.69) is 13.8 Å². The molecule has 0 N–H and O–H groups in total. The van der Waals surface area contributed by atoms with Gasteiger partial charge in [-0.05, 0) is 42.9 Å². The minimum absolute atomic E-state index is 0.806. The summed E-state index contributed by atoms with van der Waals surface area (Å²) in [5.41, 5.74) is 0.806. The van der Waals surface area contributed by atoms with Crippen LogP contribution in [-0.2, 0) is 0 Å². The lowest BCUT2D eigenvalue weighted by Crippen LogP contribution is -2.37. The summed E-state index contributed by atoms with van der Waals surface area (Å²) in [4.78, 5) is 0. The van der Waals surface area contributed by atoms with Gasteiger partial charge in [-0.1, -0.05) is 20.3 Å². The zero-order valence-corrected chi connectivity index (χ0v) is 7.19. The van der Waals surface area contributed by atoms with Crippen LogP contribution in [0.15, 0.2) is 0 Å². The monoisotopic (exact) mass is 138 g/mol. The van der Waals surface area contributed by atoms with Crippen LogP contribution in [0.2, 0.25) is 0 Å². The zero-order valence-electron chi connectivity index (χ0n) is 7.19. The minimum Gasteiger partial charge on any atom is -0.0654 e. The second-order valence-electron chi connectivity index (χ2n) is 4.55. The molecular weight excluding hydrogens is 120 g/mol. The van der Waals surface area contributed by atoms with E-state index in [1.54, 1.807) is 12.8 Å². The summed E-state index contributed by atoms with van der Waals surface area (Å²) in [5, 5.41) is 0. The first-order valence-electron chi connectivity index (χ1n) is 4.76. The third kappa shape index (κ3) is 0.681. The molecule has 3 atom stereocenters. The molecule has 0 saturated heterocycles. The van der Waals surface area contributed by atoms with Gasteiger partial charge in [0.1, 0.15) is 0 Å². The van der Waals surface area contributed by atoms with Gasteiger partial charge in [-0.15, -0.1) is 0 Å². The summed E-state index contributed by atoms with van der Waals surface area (Å²) in [5.74, 6) is 2.27. The van der Waals surface area contributed by atoms with Crippen LogP contribution in [0.5, 0.6) is 0 Å². The number of fused-ring (bicyclic) bond motifs is 1. The summed E-state index contributed by atoms with van der Waals surface area (Å²) >= 11 is 0. The van der Waals surface area contributed by atoms with Crippen molar-refractivity contribution in [1.82, 2.24) is 0 Å². The van der Waals surface area contributed by atoms with Gasteiger partial charge in [0.25, 0.3) is 0 Å². The second kappa shape index (κ2) is 1.99. The third-order valence-corrected chi connectivity index (χ3v) is 3.88. The maximum absolute atomic E-state index is 2.50. The molecule has 3 aliphatic rings. The zero-order chi connectivity index (χ0) is 7.19. The lowest BCUT2D eigenvalue weighted by Gasteiger charge is -2.45. The number of hydrogen-bond acceptors (Lipinski definition) is 0. The summed E-state index contributed by atoms with van der Waals surface area (Å²) in [6.07, 6.45) is 7.53. The van der Waals surface area contributed by atoms with Crippen LogP contribution in [-0.4, -0.2) is 0 Å². The lowest BCUT2D eigenvalue weighted by atomic mass is 9.60. The molecule has 0 heteroatoms. The standard InChI is InChI=1S/C10H18/c1-3-4-9-8-5-6-10(9,2)7-8/h8-9H,3-7H2,1-2H3. The van der Waals surface area contributed by atoms with Gasteiger partial charge in [0.15, 0.2) is 0 Å². The van der Waals surface area contributed by atoms with Gasteiger partial charge in [0, 0.05) is 0 Å². The Labute approximate surface area is 64.0 Å². The van der Waals surface area contributed by atoms with Crippen LogP contribution in [0.4, 0.5) is 0 Å². The highest BCUT2D eigenvalue weighted by Crippen LogP contribution is 2.64. The fraction of sp³-hybridized carbons (Fsp3) is 1.00.